The molecule has 0 saturated heterocycles. The molecule has 0 heterocycles. The molecule has 0 aliphatic carbocycles. The van der Waals surface area contributed by atoms with E-state index < -0.39 is 6.09 Å². The molecule has 1 amide bonds. The van der Waals surface area contributed by atoms with Crippen LogP contribution in [0.25, 0.3) is 0 Å². The Morgan fingerprint density at radius 3 is 2.70 bits per heavy atom. The van der Waals surface area contributed by atoms with Crippen molar-refractivity contribution in [2.24, 2.45) is 0 Å². The Morgan fingerprint density at radius 1 is 1.20 bits per heavy atom. The minimum Gasteiger partial charge on any atom is -0.445 e. The van der Waals surface area contributed by atoms with Gasteiger partial charge in [0.25, 0.3) is 0 Å². The van der Waals surface area contributed by atoms with E-state index in [0.29, 0.717) is 11.6 Å². The van der Waals surface area contributed by atoms with Crippen LogP contribution in [0.1, 0.15) is 11.1 Å². The summed E-state index contributed by atoms with van der Waals surface area (Å²) in [5, 5.41) is 3.31. The molecule has 0 atom stereocenters. The van der Waals surface area contributed by atoms with E-state index in [0.717, 1.165) is 15.6 Å². The van der Waals surface area contributed by atoms with E-state index >= 15 is 0 Å². The normalized spacial score (nSPS) is 10.1. The summed E-state index contributed by atoms with van der Waals surface area (Å²) in [4.78, 5) is 11.6. The van der Waals surface area contributed by atoms with E-state index in [9.17, 15) is 4.79 Å². The van der Waals surface area contributed by atoms with Crippen molar-refractivity contribution in [2.75, 3.05) is 0 Å². The Labute approximate surface area is 131 Å². The first-order valence-corrected chi connectivity index (χ1v) is 7.21. The summed E-state index contributed by atoms with van der Waals surface area (Å²) in [7, 11) is 0. The molecule has 0 saturated carbocycles. The van der Waals surface area contributed by atoms with Crippen LogP contribution in [0.2, 0.25) is 5.02 Å². The molecule has 0 spiro atoms. The molecular weight excluding hydrogens is 342 g/mol. The van der Waals surface area contributed by atoms with Gasteiger partial charge in [0, 0.05) is 16.0 Å². The van der Waals surface area contributed by atoms with Gasteiger partial charge in [0.15, 0.2) is 0 Å². The Kier molecular flexibility index (Phi) is 5.44. The van der Waals surface area contributed by atoms with Crippen molar-refractivity contribution in [2.45, 2.75) is 13.2 Å². The molecule has 2 aromatic carbocycles. The summed E-state index contributed by atoms with van der Waals surface area (Å²) in [6.07, 6.45) is -0.458. The van der Waals surface area contributed by atoms with Crippen molar-refractivity contribution in [1.29, 1.82) is 0 Å². The maximum atomic E-state index is 11.6. The molecule has 0 radical (unpaired) electrons. The molecule has 0 aromatic heterocycles. The van der Waals surface area contributed by atoms with E-state index in [1.54, 1.807) is 12.1 Å². The number of hydrogen-bond donors (Lipinski definition) is 1. The lowest BCUT2D eigenvalue weighted by molar-refractivity contribution is 0.139. The lowest BCUT2D eigenvalue weighted by atomic mass is 10.2. The first-order valence-electron chi connectivity index (χ1n) is 6.03. The number of rotatable bonds is 4. The van der Waals surface area contributed by atoms with Crippen molar-refractivity contribution < 1.29 is 9.53 Å². The van der Waals surface area contributed by atoms with E-state index in [-0.39, 0.29) is 6.61 Å². The molecule has 104 valence electrons. The monoisotopic (exact) mass is 353 g/mol. The number of halogens is 2. The highest BCUT2D eigenvalue weighted by Gasteiger charge is 2.05. The predicted molar refractivity (Wildman–Crippen MR) is 82.6 cm³/mol. The van der Waals surface area contributed by atoms with E-state index in [1.165, 1.54) is 0 Å². The van der Waals surface area contributed by atoms with Crippen molar-refractivity contribution in [3.63, 3.8) is 0 Å². The Morgan fingerprint density at radius 2 is 1.95 bits per heavy atom. The second-order valence-electron chi connectivity index (χ2n) is 4.15. The largest absolute Gasteiger partial charge is 0.445 e. The molecule has 0 unspecified atom stereocenters. The van der Waals surface area contributed by atoms with Crippen LogP contribution in [-0.2, 0) is 17.9 Å². The minimum atomic E-state index is -0.458. The smallest absolute Gasteiger partial charge is 0.407 e. The number of amides is 1. The minimum absolute atomic E-state index is 0.253. The summed E-state index contributed by atoms with van der Waals surface area (Å²) >= 11 is 9.31. The summed E-state index contributed by atoms with van der Waals surface area (Å²) < 4.78 is 6.02. The Hall–Kier alpha value is -1.52. The molecule has 20 heavy (non-hydrogen) atoms. The lowest BCUT2D eigenvalue weighted by Gasteiger charge is -2.08. The molecule has 0 aliphatic rings. The van der Waals surface area contributed by atoms with Crippen LogP contribution in [0.5, 0.6) is 0 Å². The van der Waals surface area contributed by atoms with Crippen LogP contribution in [0.3, 0.4) is 0 Å². The van der Waals surface area contributed by atoms with Crippen LogP contribution in [-0.4, -0.2) is 6.09 Å². The molecule has 5 heteroatoms. The summed E-state index contributed by atoms with van der Waals surface area (Å²) in [5.74, 6) is 0. The lowest BCUT2D eigenvalue weighted by Crippen LogP contribution is -2.23. The number of carbonyl (C=O) groups excluding carboxylic acids is 1. The van der Waals surface area contributed by atoms with Crippen LogP contribution < -0.4 is 5.32 Å². The third-order valence-electron chi connectivity index (χ3n) is 2.64. The topological polar surface area (TPSA) is 38.3 Å². The Balaban J connectivity index is 1.82. The molecule has 3 nitrogen and oxygen atoms in total. The van der Waals surface area contributed by atoms with Gasteiger partial charge in [0.05, 0.1) is 0 Å². The highest BCUT2D eigenvalue weighted by Crippen LogP contribution is 2.20. The van der Waals surface area contributed by atoms with Crippen molar-refractivity contribution >= 4 is 33.6 Å². The molecule has 0 bridgehead atoms. The van der Waals surface area contributed by atoms with Gasteiger partial charge in [-0.3, -0.25) is 0 Å². The highest BCUT2D eigenvalue weighted by atomic mass is 79.9. The van der Waals surface area contributed by atoms with Crippen LogP contribution in [0, 0.1) is 0 Å². The number of alkyl carbamates (subject to hydrolysis) is 1. The van der Waals surface area contributed by atoms with Gasteiger partial charge < -0.3 is 10.1 Å². The molecule has 1 N–H and O–H groups in total. The zero-order valence-electron chi connectivity index (χ0n) is 10.6. The van der Waals surface area contributed by atoms with Crippen molar-refractivity contribution in [3.05, 3.63) is 69.2 Å². The van der Waals surface area contributed by atoms with Gasteiger partial charge in [-0.05, 0) is 29.3 Å². The average Bonchev–Trinajstić information content (AvgIpc) is 2.47. The molecular formula is C15H13BrClNO2. The number of carbonyl (C=O) groups is 1. The third-order valence-corrected chi connectivity index (χ3v) is 3.65. The van der Waals surface area contributed by atoms with Crippen LogP contribution in [0.4, 0.5) is 4.79 Å². The summed E-state index contributed by atoms with van der Waals surface area (Å²) in [6, 6.07) is 14.9. The number of benzene rings is 2. The van der Waals surface area contributed by atoms with E-state index in [2.05, 4.69) is 21.2 Å². The number of nitrogens with one attached hydrogen (secondary N) is 1. The summed E-state index contributed by atoms with van der Waals surface area (Å²) in [5.41, 5.74) is 1.85. The van der Waals surface area contributed by atoms with Gasteiger partial charge in [0.2, 0.25) is 0 Å². The highest BCUT2D eigenvalue weighted by molar-refractivity contribution is 9.10. The second-order valence-corrected chi connectivity index (χ2v) is 5.44. The maximum absolute atomic E-state index is 11.6. The van der Waals surface area contributed by atoms with Gasteiger partial charge in [-0.25, -0.2) is 4.79 Å². The quantitative estimate of drug-likeness (QED) is 0.876. The van der Waals surface area contributed by atoms with E-state index in [1.807, 2.05) is 36.4 Å². The first kappa shape index (κ1) is 14.9. The maximum Gasteiger partial charge on any atom is 0.407 e. The Bertz CT molecular complexity index is 590. The zero-order chi connectivity index (χ0) is 14.4. The fraction of sp³-hybridized carbons (Fsp3) is 0.133. The fourth-order valence-corrected chi connectivity index (χ4v) is 2.20. The molecule has 2 rings (SSSR count). The SMILES string of the molecule is O=C(NCc1cc(Cl)ccc1Br)OCc1ccccc1. The van der Waals surface area contributed by atoms with Gasteiger partial charge >= 0.3 is 6.09 Å². The number of hydrogen-bond acceptors (Lipinski definition) is 2. The van der Waals surface area contributed by atoms with Crippen LogP contribution >= 0.6 is 27.5 Å². The molecule has 2 aromatic rings. The van der Waals surface area contributed by atoms with Gasteiger partial charge in [-0.1, -0.05) is 57.9 Å². The standard InChI is InChI=1S/C15H13BrClNO2/c16-14-7-6-13(17)8-12(14)9-18-15(19)20-10-11-4-2-1-3-5-11/h1-8H,9-10H2,(H,18,19). The van der Waals surface area contributed by atoms with Crippen molar-refractivity contribution in [3.8, 4) is 0 Å². The number of ether oxygens (including phenoxy) is 1. The summed E-state index contributed by atoms with van der Waals surface area (Å²) in [6.45, 7) is 0.609. The first-order chi connectivity index (χ1) is 9.65. The van der Waals surface area contributed by atoms with Gasteiger partial charge in [-0.2, -0.15) is 0 Å². The average molecular weight is 355 g/mol. The van der Waals surface area contributed by atoms with Crippen molar-refractivity contribution in [1.82, 2.24) is 5.32 Å². The van der Waals surface area contributed by atoms with Gasteiger partial charge in [-0.15, -0.1) is 0 Å². The van der Waals surface area contributed by atoms with E-state index in [4.69, 9.17) is 16.3 Å². The zero-order valence-corrected chi connectivity index (χ0v) is 12.9. The van der Waals surface area contributed by atoms with Crippen LogP contribution in [0.15, 0.2) is 53.0 Å². The van der Waals surface area contributed by atoms with Gasteiger partial charge in [0.1, 0.15) is 6.61 Å². The predicted octanol–water partition coefficient (Wildman–Crippen LogP) is 4.53. The molecule has 0 fully saturated rings. The third kappa shape index (κ3) is 4.54. The molecule has 0 aliphatic heterocycles. The second kappa shape index (κ2) is 7.31. The fourth-order valence-electron chi connectivity index (χ4n) is 1.62.